The lowest BCUT2D eigenvalue weighted by molar-refractivity contribution is -0.133. The Morgan fingerprint density at radius 2 is 2.00 bits per heavy atom. The molecule has 0 radical (unpaired) electrons. The van der Waals surface area contributed by atoms with Crippen LogP contribution in [0, 0.1) is 6.92 Å². The number of carbonyl (C=O) groups is 2. The van der Waals surface area contributed by atoms with E-state index in [0.717, 1.165) is 25.9 Å². The van der Waals surface area contributed by atoms with Gasteiger partial charge in [0.25, 0.3) is 0 Å². The van der Waals surface area contributed by atoms with Gasteiger partial charge >= 0.3 is 0 Å². The van der Waals surface area contributed by atoms with E-state index in [-0.39, 0.29) is 11.7 Å². The van der Waals surface area contributed by atoms with Gasteiger partial charge in [0.2, 0.25) is 11.9 Å². The number of aryl methyl sites for hydroxylation is 1. The molecule has 22 heavy (non-hydrogen) atoms. The molecular formula is C16H22N4O2. The van der Waals surface area contributed by atoms with Crippen molar-refractivity contribution in [3.8, 4) is 0 Å². The number of nitrogens with zero attached hydrogens (tertiary/aromatic N) is 4. The highest BCUT2D eigenvalue weighted by atomic mass is 16.2. The fourth-order valence-electron chi connectivity index (χ4n) is 3.41. The van der Waals surface area contributed by atoms with Crippen molar-refractivity contribution in [1.29, 1.82) is 0 Å². The van der Waals surface area contributed by atoms with Crippen molar-refractivity contribution < 1.29 is 9.59 Å². The van der Waals surface area contributed by atoms with Gasteiger partial charge in [-0.25, -0.2) is 9.97 Å². The van der Waals surface area contributed by atoms with Crippen molar-refractivity contribution in [2.75, 3.05) is 24.5 Å². The summed E-state index contributed by atoms with van der Waals surface area (Å²) in [5.74, 6) is 0.670. The van der Waals surface area contributed by atoms with Crippen LogP contribution in [0.5, 0.6) is 0 Å². The summed E-state index contributed by atoms with van der Waals surface area (Å²) in [6, 6.07) is 0.428. The van der Waals surface area contributed by atoms with E-state index in [0.29, 0.717) is 29.8 Å². The first-order valence-electron chi connectivity index (χ1n) is 7.95. The number of hydrogen-bond acceptors (Lipinski definition) is 5. The van der Waals surface area contributed by atoms with E-state index in [1.165, 1.54) is 19.8 Å². The smallest absolute Gasteiger partial charge is 0.242 e. The molecule has 1 aromatic heterocycles. The van der Waals surface area contributed by atoms with Crippen LogP contribution in [-0.2, 0) is 4.79 Å². The molecule has 0 unspecified atom stereocenters. The summed E-state index contributed by atoms with van der Waals surface area (Å²) in [6.07, 6.45) is 6.29. The van der Waals surface area contributed by atoms with Crippen molar-refractivity contribution in [3.63, 3.8) is 0 Å². The van der Waals surface area contributed by atoms with Crippen LogP contribution in [0.15, 0.2) is 6.20 Å². The van der Waals surface area contributed by atoms with Crippen molar-refractivity contribution >= 4 is 17.6 Å². The second kappa shape index (κ2) is 6.02. The Balaban J connectivity index is 1.71. The molecule has 1 saturated heterocycles. The maximum absolute atomic E-state index is 12.4. The second-order valence-corrected chi connectivity index (χ2v) is 6.17. The van der Waals surface area contributed by atoms with Gasteiger partial charge in [0.05, 0.1) is 11.3 Å². The molecule has 0 atom stereocenters. The first-order valence-corrected chi connectivity index (χ1v) is 7.95. The number of piperazine rings is 1. The molecule has 118 valence electrons. The van der Waals surface area contributed by atoms with Crippen LogP contribution in [0.25, 0.3) is 0 Å². The van der Waals surface area contributed by atoms with Gasteiger partial charge in [-0.15, -0.1) is 0 Å². The molecule has 0 N–H and O–H groups in total. The van der Waals surface area contributed by atoms with Crippen molar-refractivity contribution in [3.05, 3.63) is 17.5 Å². The fourth-order valence-corrected chi connectivity index (χ4v) is 3.41. The Morgan fingerprint density at radius 1 is 1.27 bits per heavy atom. The standard InChI is InChI=1S/C16H22N4O2/c1-11-14(12(2)21)9-17-16(18-11)19-7-8-20(15(22)10-19)13-5-3-4-6-13/h9,13H,3-8,10H2,1-2H3. The number of hydrogen-bond donors (Lipinski definition) is 0. The van der Waals surface area contributed by atoms with Crippen LogP contribution < -0.4 is 4.90 Å². The van der Waals surface area contributed by atoms with E-state index in [1.807, 2.05) is 9.80 Å². The molecule has 2 fully saturated rings. The summed E-state index contributed by atoms with van der Waals surface area (Å²) >= 11 is 0. The third-order valence-corrected chi connectivity index (χ3v) is 4.65. The quantitative estimate of drug-likeness (QED) is 0.793. The minimum Gasteiger partial charge on any atom is -0.336 e. The molecule has 1 saturated carbocycles. The first-order chi connectivity index (χ1) is 10.6. The maximum Gasteiger partial charge on any atom is 0.242 e. The SMILES string of the molecule is CC(=O)c1cnc(N2CCN(C3CCCC3)C(=O)C2)nc1C. The lowest BCUT2D eigenvalue weighted by atomic mass is 10.1. The number of aromatic nitrogens is 2. The molecule has 2 heterocycles. The van der Waals surface area contributed by atoms with Crippen LogP contribution in [0.4, 0.5) is 5.95 Å². The van der Waals surface area contributed by atoms with Crippen LogP contribution in [0.2, 0.25) is 0 Å². The number of amides is 1. The predicted molar refractivity (Wildman–Crippen MR) is 83.0 cm³/mol. The highest BCUT2D eigenvalue weighted by Gasteiger charge is 2.32. The number of Topliss-reactive ketones (excluding diaryl/α,β-unsaturated/α-hetero) is 1. The normalized spacial score (nSPS) is 19.8. The van der Waals surface area contributed by atoms with Crippen LogP contribution in [0.3, 0.4) is 0 Å². The molecule has 0 aromatic carbocycles. The average molecular weight is 302 g/mol. The fraction of sp³-hybridized carbons (Fsp3) is 0.625. The average Bonchev–Trinajstić information content (AvgIpc) is 3.00. The third kappa shape index (κ3) is 2.82. The lowest BCUT2D eigenvalue weighted by Gasteiger charge is -2.37. The Hall–Kier alpha value is -1.98. The zero-order chi connectivity index (χ0) is 15.7. The third-order valence-electron chi connectivity index (χ3n) is 4.65. The number of anilines is 1. The highest BCUT2D eigenvalue weighted by Crippen LogP contribution is 2.25. The Kier molecular flexibility index (Phi) is 4.09. The molecule has 1 aliphatic carbocycles. The molecule has 1 aliphatic heterocycles. The van der Waals surface area contributed by atoms with Crippen LogP contribution >= 0.6 is 0 Å². The Bertz CT molecular complexity index is 596. The molecule has 0 spiro atoms. The second-order valence-electron chi connectivity index (χ2n) is 6.17. The van der Waals surface area contributed by atoms with E-state index in [4.69, 9.17) is 0 Å². The van der Waals surface area contributed by atoms with E-state index in [2.05, 4.69) is 9.97 Å². The summed E-state index contributed by atoms with van der Waals surface area (Å²) in [6.45, 7) is 5.13. The monoisotopic (exact) mass is 302 g/mol. The number of rotatable bonds is 3. The molecule has 1 aromatic rings. The zero-order valence-electron chi connectivity index (χ0n) is 13.2. The van der Waals surface area contributed by atoms with E-state index >= 15 is 0 Å². The molecule has 3 rings (SSSR count). The van der Waals surface area contributed by atoms with E-state index in [1.54, 1.807) is 13.1 Å². The van der Waals surface area contributed by atoms with Crippen LogP contribution in [-0.4, -0.2) is 52.2 Å². The van der Waals surface area contributed by atoms with Gasteiger partial charge in [-0.2, -0.15) is 0 Å². The zero-order valence-corrected chi connectivity index (χ0v) is 13.2. The Labute approximate surface area is 130 Å². The summed E-state index contributed by atoms with van der Waals surface area (Å²) in [5, 5.41) is 0. The molecule has 2 aliphatic rings. The summed E-state index contributed by atoms with van der Waals surface area (Å²) < 4.78 is 0. The molecule has 1 amide bonds. The van der Waals surface area contributed by atoms with E-state index < -0.39 is 0 Å². The topological polar surface area (TPSA) is 66.4 Å². The maximum atomic E-state index is 12.4. The van der Waals surface area contributed by atoms with Gasteiger partial charge < -0.3 is 9.80 Å². The molecule has 6 heteroatoms. The lowest BCUT2D eigenvalue weighted by Crippen LogP contribution is -2.54. The van der Waals surface area contributed by atoms with Crippen molar-refractivity contribution in [2.24, 2.45) is 0 Å². The van der Waals surface area contributed by atoms with Crippen LogP contribution in [0.1, 0.15) is 48.7 Å². The predicted octanol–water partition coefficient (Wildman–Crippen LogP) is 1.58. The van der Waals surface area contributed by atoms with E-state index in [9.17, 15) is 9.59 Å². The minimum atomic E-state index is -0.0359. The Morgan fingerprint density at radius 3 is 2.59 bits per heavy atom. The summed E-state index contributed by atoms with van der Waals surface area (Å²) in [7, 11) is 0. The van der Waals surface area contributed by atoms with Crippen molar-refractivity contribution in [1.82, 2.24) is 14.9 Å². The van der Waals surface area contributed by atoms with Gasteiger partial charge in [-0.05, 0) is 26.7 Å². The number of ketones is 1. The van der Waals surface area contributed by atoms with Gasteiger partial charge in [0.15, 0.2) is 5.78 Å². The summed E-state index contributed by atoms with van der Waals surface area (Å²) in [4.78, 5) is 36.4. The van der Waals surface area contributed by atoms with Gasteiger partial charge in [0, 0.05) is 25.3 Å². The number of carbonyl (C=O) groups excluding carboxylic acids is 2. The molecule has 0 bridgehead atoms. The van der Waals surface area contributed by atoms with Gasteiger partial charge in [-0.3, -0.25) is 9.59 Å². The van der Waals surface area contributed by atoms with Gasteiger partial charge in [0.1, 0.15) is 6.54 Å². The summed E-state index contributed by atoms with van der Waals surface area (Å²) in [5.41, 5.74) is 1.21. The highest BCUT2D eigenvalue weighted by molar-refractivity contribution is 5.94. The van der Waals surface area contributed by atoms with Crippen molar-refractivity contribution in [2.45, 2.75) is 45.6 Å². The first kappa shape index (κ1) is 14.9. The minimum absolute atomic E-state index is 0.0359. The molecule has 6 nitrogen and oxygen atoms in total. The van der Waals surface area contributed by atoms with Gasteiger partial charge in [-0.1, -0.05) is 12.8 Å². The largest absolute Gasteiger partial charge is 0.336 e. The molecular weight excluding hydrogens is 280 g/mol.